The Balaban J connectivity index is 1.93. The van der Waals surface area contributed by atoms with Gasteiger partial charge in [-0.25, -0.2) is 0 Å². The fraction of sp³-hybridized carbons (Fsp3) is 0.250. The molecule has 0 bridgehead atoms. The molecule has 4 rings (SSSR count). The van der Waals surface area contributed by atoms with Crippen molar-refractivity contribution in [2.75, 3.05) is 0 Å². The molecule has 4 aromatic rings. The van der Waals surface area contributed by atoms with Gasteiger partial charge >= 0.3 is 184 Å². The van der Waals surface area contributed by atoms with Gasteiger partial charge < -0.3 is 0 Å². The zero-order chi connectivity index (χ0) is 21.5. The third-order valence-electron chi connectivity index (χ3n) is 5.81. The molecule has 0 radical (unpaired) electrons. The first-order valence-corrected chi connectivity index (χ1v) is 18.1. The van der Waals surface area contributed by atoms with Crippen molar-refractivity contribution in [3.8, 4) is 22.4 Å². The molecule has 152 valence electrons. The van der Waals surface area contributed by atoms with E-state index in [0.717, 1.165) is 11.2 Å². The number of fused-ring (bicyclic) bond motifs is 1. The van der Waals surface area contributed by atoms with E-state index in [1.165, 1.54) is 32.0 Å². The van der Waals surface area contributed by atoms with E-state index in [-0.39, 0.29) is 5.41 Å². The van der Waals surface area contributed by atoms with E-state index >= 15 is 0 Å². The van der Waals surface area contributed by atoms with Crippen molar-refractivity contribution in [1.29, 1.82) is 0 Å². The molecule has 0 saturated carbocycles. The number of benzene rings is 3. The number of hydrogen-bond donors (Lipinski definition) is 0. The zero-order valence-electron chi connectivity index (χ0n) is 19.0. The fourth-order valence-corrected chi connectivity index (χ4v) is 6.27. The normalized spacial score (nSPS) is 12.3. The first kappa shape index (κ1) is 20.9. The van der Waals surface area contributed by atoms with Crippen LogP contribution in [0, 0.1) is 0 Å². The SMILES string of the molecule is CC(C)(C)c1ccc(-c2cc(-c3ccccc3)c3c[c]([Ge]([CH3])([CH3])[CH3])ccc3n2)cc1. The molecule has 0 N–H and O–H groups in total. The van der Waals surface area contributed by atoms with Crippen molar-refractivity contribution in [2.24, 2.45) is 0 Å². The minimum atomic E-state index is -1.93. The molecule has 3 aromatic carbocycles. The molecule has 30 heavy (non-hydrogen) atoms. The van der Waals surface area contributed by atoms with Crippen molar-refractivity contribution in [2.45, 2.75) is 43.5 Å². The Morgan fingerprint density at radius 1 is 0.700 bits per heavy atom. The van der Waals surface area contributed by atoms with Gasteiger partial charge in [0.15, 0.2) is 0 Å². The van der Waals surface area contributed by atoms with Gasteiger partial charge in [-0.3, -0.25) is 0 Å². The number of hydrogen-bond acceptors (Lipinski definition) is 1. The van der Waals surface area contributed by atoms with Crippen LogP contribution in [0.15, 0.2) is 78.9 Å². The van der Waals surface area contributed by atoms with Crippen LogP contribution in [0.5, 0.6) is 0 Å². The van der Waals surface area contributed by atoms with E-state index in [1.807, 2.05) is 0 Å². The molecule has 0 amide bonds. The second kappa shape index (κ2) is 7.70. The molecule has 0 spiro atoms. The molecule has 0 aliphatic rings. The summed E-state index contributed by atoms with van der Waals surface area (Å²) < 4.78 is 1.52. The second-order valence-electron chi connectivity index (χ2n) is 10.2. The van der Waals surface area contributed by atoms with Gasteiger partial charge in [-0.15, -0.1) is 0 Å². The Labute approximate surface area is 183 Å². The number of aromatic nitrogens is 1. The summed E-state index contributed by atoms with van der Waals surface area (Å²) in [4.78, 5) is 5.07. The maximum absolute atomic E-state index is 5.07. The van der Waals surface area contributed by atoms with Crippen LogP contribution in [0.1, 0.15) is 26.3 Å². The summed E-state index contributed by atoms with van der Waals surface area (Å²) in [6.45, 7) is 6.75. The summed E-state index contributed by atoms with van der Waals surface area (Å²) in [5, 5.41) is 1.26. The van der Waals surface area contributed by atoms with Crippen LogP contribution in [0.3, 0.4) is 0 Å². The van der Waals surface area contributed by atoms with Crippen LogP contribution in [-0.2, 0) is 5.41 Å². The molecule has 0 saturated heterocycles. The van der Waals surface area contributed by atoms with Crippen molar-refractivity contribution >= 4 is 28.6 Å². The summed E-state index contributed by atoms with van der Waals surface area (Å²) in [6, 6.07) is 28.8. The Bertz CT molecular complexity index is 1180. The van der Waals surface area contributed by atoms with Gasteiger partial charge in [0, 0.05) is 0 Å². The second-order valence-corrected chi connectivity index (χ2v) is 20.9. The number of pyridine rings is 1. The number of nitrogens with zero attached hydrogens (tertiary/aromatic N) is 1. The molecule has 1 heterocycles. The van der Waals surface area contributed by atoms with E-state index in [2.05, 4.69) is 117 Å². The van der Waals surface area contributed by atoms with Crippen molar-refractivity contribution < 1.29 is 0 Å². The Morgan fingerprint density at radius 3 is 1.97 bits per heavy atom. The van der Waals surface area contributed by atoms with E-state index in [1.54, 1.807) is 0 Å². The molecule has 0 fully saturated rings. The van der Waals surface area contributed by atoms with Gasteiger partial charge in [0.2, 0.25) is 0 Å². The van der Waals surface area contributed by atoms with E-state index in [4.69, 9.17) is 4.98 Å². The maximum atomic E-state index is 5.07. The first-order chi connectivity index (χ1) is 14.1. The van der Waals surface area contributed by atoms with Gasteiger partial charge in [0.1, 0.15) is 0 Å². The third kappa shape index (κ3) is 4.22. The summed E-state index contributed by atoms with van der Waals surface area (Å²) in [6.07, 6.45) is 0. The topological polar surface area (TPSA) is 12.9 Å². The Morgan fingerprint density at radius 2 is 1.37 bits per heavy atom. The molecule has 0 aliphatic heterocycles. The van der Waals surface area contributed by atoms with Crippen LogP contribution < -0.4 is 4.40 Å². The van der Waals surface area contributed by atoms with Gasteiger partial charge in [-0.1, -0.05) is 0 Å². The van der Waals surface area contributed by atoms with Crippen LogP contribution in [-0.4, -0.2) is 18.3 Å². The summed E-state index contributed by atoms with van der Waals surface area (Å²) in [5.41, 5.74) is 7.28. The summed E-state index contributed by atoms with van der Waals surface area (Å²) in [7, 11) is 0. The Hall–Kier alpha value is -2.39. The van der Waals surface area contributed by atoms with Gasteiger partial charge in [-0.05, 0) is 0 Å². The average molecular weight is 454 g/mol. The quantitative estimate of drug-likeness (QED) is 0.294. The van der Waals surface area contributed by atoms with Gasteiger partial charge in [0.05, 0.1) is 0 Å². The van der Waals surface area contributed by atoms with Crippen molar-refractivity contribution in [1.82, 2.24) is 4.98 Å². The number of rotatable bonds is 3. The van der Waals surface area contributed by atoms with E-state index < -0.39 is 13.3 Å². The molecular formula is C28H31GeN. The van der Waals surface area contributed by atoms with Gasteiger partial charge in [0.25, 0.3) is 0 Å². The van der Waals surface area contributed by atoms with Crippen LogP contribution in [0.2, 0.25) is 17.3 Å². The Kier molecular flexibility index (Phi) is 5.36. The van der Waals surface area contributed by atoms with E-state index in [9.17, 15) is 0 Å². The van der Waals surface area contributed by atoms with Crippen LogP contribution in [0.25, 0.3) is 33.3 Å². The monoisotopic (exact) mass is 455 g/mol. The van der Waals surface area contributed by atoms with Crippen LogP contribution in [0.4, 0.5) is 0 Å². The zero-order valence-corrected chi connectivity index (χ0v) is 21.1. The van der Waals surface area contributed by atoms with Gasteiger partial charge in [-0.2, -0.15) is 0 Å². The average Bonchev–Trinajstić information content (AvgIpc) is 2.72. The molecule has 0 atom stereocenters. The van der Waals surface area contributed by atoms with Crippen LogP contribution >= 0.6 is 0 Å². The predicted octanol–water partition coefficient (Wildman–Crippen LogP) is 7.41. The third-order valence-corrected chi connectivity index (χ3v) is 10.1. The fourth-order valence-electron chi connectivity index (χ4n) is 3.84. The molecule has 0 unspecified atom stereocenters. The standard InChI is InChI=1S/C28H31GeN/c1-28(2,3)22-14-12-21(13-15-22)27-19-24(20-10-8-7-9-11-20)25-18-23(29(4,5)6)16-17-26(25)30-27/h7-19H,1-6H3. The molecular weight excluding hydrogens is 423 g/mol. The summed E-state index contributed by atoms with van der Waals surface area (Å²) in [5.74, 6) is 7.34. The van der Waals surface area contributed by atoms with Crippen molar-refractivity contribution in [3.63, 3.8) is 0 Å². The summed E-state index contributed by atoms with van der Waals surface area (Å²) >= 11 is -1.93. The first-order valence-electron chi connectivity index (χ1n) is 10.7. The van der Waals surface area contributed by atoms with E-state index in [0.29, 0.717) is 0 Å². The molecule has 2 heteroatoms. The molecule has 1 aromatic heterocycles. The van der Waals surface area contributed by atoms with Crippen molar-refractivity contribution in [3.05, 3.63) is 84.4 Å². The minimum absolute atomic E-state index is 0.152. The molecule has 0 aliphatic carbocycles. The predicted molar refractivity (Wildman–Crippen MR) is 134 cm³/mol. The molecule has 1 nitrogen and oxygen atoms in total.